The molecule has 3 rings (SSSR count). The quantitative estimate of drug-likeness (QED) is 0.660. The molecule has 138 valence electrons. The summed E-state index contributed by atoms with van der Waals surface area (Å²) in [5.74, 6) is -0.951. The number of aromatic nitrogens is 3. The van der Waals surface area contributed by atoms with Gasteiger partial charge in [0.25, 0.3) is 5.91 Å². The smallest absolute Gasteiger partial charge is 0.310 e. The molecule has 1 amide bonds. The van der Waals surface area contributed by atoms with Crippen LogP contribution in [-0.2, 0) is 20.7 Å². The van der Waals surface area contributed by atoms with Gasteiger partial charge < -0.3 is 10.1 Å². The van der Waals surface area contributed by atoms with Gasteiger partial charge in [-0.15, -0.1) is 0 Å². The zero-order valence-electron chi connectivity index (χ0n) is 14.6. The molecule has 0 saturated carbocycles. The Morgan fingerprint density at radius 1 is 1.19 bits per heavy atom. The van der Waals surface area contributed by atoms with Crippen LogP contribution in [-0.4, -0.2) is 33.2 Å². The standard InChI is InChI=1S/C19H17ClN4O3/c1-13-2-4-14(5-3-13)8-19(26)27-10-18(25)23-16-9-15(20)6-7-17(16)24-12-21-11-22-24/h2-7,9,11-12H,8,10H2,1H3,(H,23,25). The molecule has 7 nitrogen and oxygen atoms in total. The molecule has 0 aliphatic heterocycles. The third-order valence-electron chi connectivity index (χ3n) is 3.73. The zero-order valence-corrected chi connectivity index (χ0v) is 15.3. The molecule has 1 aromatic heterocycles. The van der Waals surface area contributed by atoms with Gasteiger partial charge in [-0.1, -0.05) is 41.4 Å². The number of carbonyl (C=O) groups excluding carboxylic acids is 2. The number of amides is 1. The number of nitrogens with one attached hydrogen (secondary N) is 1. The first-order valence-corrected chi connectivity index (χ1v) is 8.54. The number of aryl methyl sites for hydroxylation is 1. The van der Waals surface area contributed by atoms with Crippen LogP contribution in [0.1, 0.15) is 11.1 Å². The maximum Gasteiger partial charge on any atom is 0.310 e. The van der Waals surface area contributed by atoms with Gasteiger partial charge in [0, 0.05) is 5.02 Å². The van der Waals surface area contributed by atoms with Gasteiger partial charge in [0.05, 0.1) is 17.8 Å². The molecular formula is C19H17ClN4O3. The van der Waals surface area contributed by atoms with Crippen LogP contribution in [0.15, 0.2) is 55.1 Å². The largest absolute Gasteiger partial charge is 0.455 e. The van der Waals surface area contributed by atoms with Crippen LogP contribution in [0.5, 0.6) is 0 Å². The molecule has 0 bridgehead atoms. The Kier molecular flexibility index (Phi) is 5.83. The van der Waals surface area contributed by atoms with Gasteiger partial charge in [0.2, 0.25) is 0 Å². The average Bonchev–Trinajstić information content (AvgIpc) is 3.16. The van der Waals surface area contributed by atoms with Crippen LogP contribution in [0.2, 0.25) is 5.02 Å². The van der Waals surface area contributed by atoms with Crippen LogP contribution in [0.4, 0.5) is 5.69 Å². The van der Waals surface area contributed by atoms with E-state index >= 15 is 0 Å². The van der Waals surface area contributed by atoms with Crippen molar-refractivity contribution in [3.05, 3.63) is 71.3 Å². The minimum absolute atomic E-state index is 0.106. The number of hydrogen-bond donors (Lipinski definition) is 1. The van der Waals surface area contributed by atoms with Crippen LogP contribution in [0.3, 0.4) is 0 Å². The summed E-state index contributed by atoms with van der Waals surface area (Å²) < 4.78 is 6.55. The Hall–Kier alpha value is -3.19. The van der Waals surface area contributed by atoms with Crippen molar-refractivity contribution in [3.8, 4) is 5.69 Å². The van der Waals surface area contributed by atoms with Gasteiger partial charge in [0.1, 0.15) is 12.7 Å². The lowest BCUT2D eigenvalue weighted by atomic mass is 10.1. The number of benzene rings is 2. The number of halogens is 1. The molecule has 3 aromatic rings. The number of carbonyl (C=O) groups is 2. The number of hydrogen-bond acceptors (Lipinski definition) is 5. The Bertz CT molecular complexity index is 940. The fourth-order valence-electron chi connectivity index (χ4n) is 2.40. The number of nitrogens with zero attached hydrogens (tertiary/aromatic N) is 3. The minimum atomic E-state index is -0.476. The predicted octanol–water partition coefficient (Wildman–Crippen LogP) is 2.95. The lowest BCUT2D eigenvalue weighted by Crippen LogP contribution is -2.22. The van der Waals surface area contributed by atoms with Crippen molar-refractivity contribution in [2.24, 2.45) is 0 Å². The second-order valence-corrected chi connectivity index (χ2v) is 6.31. The third-order valence-corrected chi connectivity index (χ3v) is 3.97. The van der Waals surface area contributed by atoms with E-state index in [1.807, 2.05) is 31.2 Å². The fraction of sp³-hybridized carbons (Fsp3) is 0.158. The van der Waals surface area contributed by atoms with Crippen molar-refractivity contribution in [3.63, 3.8) is 0 Å². The summed E-state index contributed by atoms with van der Waals surface area (Å²) >= 11 is 6.01. The summed E-state index contributed by atoms with van der Waals surface area (Å²) in [6.45, 7) is 1.57. The maximum atomic E-state index is 12.2. The monoisotopic (exact) mass is 384 g/mol. The first-order chi connectivity index (χ1) is 13.0. The highest BCUT2D eigenvalue weighted by Crippen LogP contribution is 2.23. The fourth-order valence-corrected chi connectivity index (χ4v) is 2.57. The first kappa shape index (κ1) is 18.6. The maximum absolute atomic E-state index is 12.2. The molecule has 1 N–H and O–H groups in total. The first-order valence-electron chi connectivity index (χ1n) is 8.17. The molecule has 0 aliphatic rings. The van der Waals surface area contributed by atoms with E-state index in [0.29, 0.717) is 16.4 Å². The van der Waals surface area contributed by atoms with Crippen molar-refractivity contribution in [1.29, 1.82) is 0 Å². The molecule has 27 heavy (non-hydrogen) atoms. The van der Waals surface area contributed by atoms with E-state index in [1.165, 1.54) is 17.3 Å². The average molecular weight is 385 g/mol. The van der Waals surface area contributed by atoms with Crippen LogP contribution < -0.4 is 5.32 Å². The summed E-state index contributed by atoms with van der Waals surface area (Å²) in [5, 5.41) is 7.16. The number of rotatable bonds is 6. The highest BCUT2D eigenvalue weighted by molar-refractivity contribution is 6.31. The predicted molar refractivity (Wildman–Crippen MR) is 101 cm³/mol. The van der Waals surface area contributed by atoms with Gasteiger partial charge >= 0.3 is 5.97 Å². The molecule has 0 unspecified atom stereocenters. The van der Waals surface area contributed by atoms with Gasteiger partial charge in [0.15, 0.2) is 6.61 Å². The molecular weight excluding hydrogens is 368 g/mol. The van der Waals surface area contributed by atoms with Crippen molar-refractivity contribution < 1.29 is 14.3 Å². The Morgan fingerprint density at radius 2 is 1.96 bits per heavy atom. The number of anilines is 1. The summed E-state index contributed by atoms with van der Waals surface area (Å²) in [6, 6.07) is 12.5. The zero-order chi connectivity index (χ0) is 19.2. The molecule has 0 fully saturated rings. The summed E-state index contributed by atoms with van der Waals surface area (Å²) in [6.07, 6.45) is 2.99. The van der Waals surface area contributed by atoms with Gasteiger partial charge in [-0.3, -0.25) is 9.59 Å². The lowest BCUT2D eigenvalue weighted by molar-refractivity contribution is -0.146. The lowest BCUT2D eigenvalue weighted by Gasteiger charge is -2.11. The highest BCUT2D eigenvalue weighted by Gasteiger charge is 2.12. The molecule has 0 saturated heterocycles. The molecule has 0 atom stereocenters. The van der Waals surface area contributed by atoms with Crippen molar-refractivity contribution >= 4 is 29.2 Å². The van der Waals surface area contributed by atoms with Crippen LogP contribution >= 0.6 is 11.6 Å². The van der Waals surface area contributed by atoms with E-state index in [0.717, 1.165) is 11.1 Å². The summed E-state index contributed by atoms with van der Waals surface area (Å²) in [4.78, 5) is 28.0. The van der Waals surface area contributed by atoms with Crippen LogP contribution in [0, 0.1) is 6.92 Å². The third kappa shape index (κ3) is 5.15. The van der Waals surface area contributed by atoms with E-state index in [-0.39, 0.29) is 6.42 Å². The second kappa shape index (κ2) is 8.46. The molecule has 0 aliphatic carbocycles. The normalized spacial score (nSPS) is 10.4. The van der Waals surface area contributed by atoms with E-state index in [1.54, 1.807) is 18.2 Å². The molecule has 0 spiro atoms. The summed E-state index contributed by atoms with van der Waals surface area (Å²) in [7, 11) is 0. The van der Waals surface area contributed by atoms with Crippen molar-refractivity contribution in [1.82, 2.24) is 14.8 Å². The van der Waals surface area contributed by atoms with Gasteiger partial charge in [-0.05, 0) is 30.7 Å². The second-order valence-electron chi connectivity index (χ2n) is 5.87. The molecule has 2 aromatic carbocycles. The van der Waals surface area contributed by atoms with E-state index in [4.69, 9.17) is 16.3 Å². The molecule has 8 heteroatoms. The topological polar surface area (TPSA) is 86.1 Å². The number of esters is 1. The molecule has 0 radical (unpaired) electrons. The highest BCUT2D eigenvalue weighted by atomic mass is 35.5. The van der Waals surface area contributed by atoms with Gasteiger partial charge in [-0.25, -0.2) is 9.67 Å². The van der Waals surface area contributed by atoms with Gasteiger partial charge in [-0.2, -0.15) is 5.10 Å². The Labute approximate surface area is 160 Å². The SMILES string of the molecule is Cc1ccc(CC(=O)OCC(=O)Nc2cc(Cl)ccc2-n2cncn2)cc1. The van der Waals surface area contributed by atoms with E-state index in [9.17, 15) is 9.59 Å². The van der Waals surface area contributed by atoms with Crippen LogP contribution in [0.25, 0.3) is 5.69 Å². The van der Waals surface area contributed by atoms with Crippen molar-refractivity contribution in [2.75, 3.05) is 11.9 Å². The Morgan fingerprint density at radius 3 is 2.67 bits per heavy atom. The summed E-state index contributed by atoms with van der Waals surface area (Å²) in [5.41, 5.74) is 2.97. The van der Waals surface area contributed by atoms with E-state index < -0.39 is 18.5 Å². The van der Waals surface area contributed by atoms with E-state index in [2.05, 4.69) is 15.4 Å². The Balaban J connectivity index is 1.59. The molecule has 1 heterocycles. The number of ether oxygens (including phenoxy) is 1. The van der Waals surface area contributed by atoms with Crippen molar-refractivity contribution in [2.45, 2.75) is 13.3 Å². The minimum Gasteiger partial charge on any atom is -0.455 e.